The summed E-state index contributed by atoms with van der Waals surface area (Å²) in [5.41, 5.74) is 10.5. The first kappa shape index (κ1) is 25.3. The van der Waals surface area contributed by atoms with E-state index in [1.165, 1.54) is 16.7 Å². The van der Waals surface area contributed by atoms with E-state index in [-0.39, 0.29) is 5.92 Å². The second kappa shape index (κ2) is 9.94. The Morgan fingerprint density at radius 1 is 0.632 bits per heavy atom. The number of hydrogen-bond donors (Lipinski definition) is 0. The SMILES string of the molecule is Cc1c(C)c2c(c(C)c1OCCC1CO1)C(c1ccccc1)c1c(C)c(OCCC3CO3)c(C)c(C)c1O2. The molecule has 2 atom stereocenters. The first-order chi connectivity index (χ1) is 18.4. The van der Waals surface area contributed by atoms with Gasteiger partial charge in [0.15, 0.2) is 0 Å². The second-order valence-corrected chi connectivity index (χ2v) is 11.0. The summed E-state index contributed by atoms with van der Waals surface area (Å²) in [6.07, 6.45) is 2.53. The maximum atomic E-state index is 6.88. The third-order valence-corrected chi connectivity index (χ3v) is 8.56. The molecule has 6 rings (SSSR count). The van der Waals surface area contributed by atoms with Crippen molar-refractivity contribution < 1.29 is 23.7 Å². The van der Waals surface area contributed by atoms with Crippen LogP contribution >= 0.6 is 0 Å². The van der Waals surface area contributed by atoms with Crippen LogP contribution < -0.4 is 14.2 Å². The van der Waals surface area contributed by atoms with Crippen LogP contribution in [0.3, 0.4) is 0 Å². The van der Waals surface area contributed by atoms with Gasteiger partial charge in [0, 0.05) is 29.9 Å². The van der Waals surface area contributed by atoms with Gasteiger partial charge >= 0.3 is 0 Å². The monoisotopic (exact) mass is 514 g/mol. The third kappa shape index (κ3) is 4.46. The molecule has 3 aromatic carbocycles. The number of benzene rings is 3. The van der Waals surface area contributed by atoms with E-state index < -0.39 is 0 Å². The van der Waals surface area contributed by atoms with Crippen LogP contribution in [0.25, 0.3) is 0 Å². The summed E-state index contributed by atoms with van der Waals surface area (Å²) in [6.45, 7) is 16.0. The van der Waals surface area contributed by atoms with Crippen molar-refractivity contribution in [3.8, 4) is 23.0 Å². The minimum absolute atomic E-state index is 0.0109. The average Bonchev–Trinajstić information content (AvgIpc) is 3.85. The van der Waals surface area contributed by atoms with Gasteiger partial charge in [-0.25, -0.2) is 0 Å². The maximum Gasteiger partial charge on any atom is 0.135 e. The van der Waals surface area contributed by atoms with Gasteiger partial charge in [0.25, 0.3) is 0 Å². The van der Waals surface area contributed by atoms with E-state index in [2.05, 4.69) is 71.9 Å². The summed E-state index contributed by atoms with van der Waals surface area (Å²) in [4.78, 5) is 0. The zero-order valence-electron chi connectivity index (χ0n) is 23.4. The van der Waals surface area contributed by atoms with Crippen LogP contribution in [0.2, 0.25) is 0 Å². The molecule has 3 heterocycles. The number of fused-ring (bicyclic) bond motifs is 2. The van der Waals surface area contributed by atoms with Crippen LogP contribution in [0.15, 0.2) is 30.3 Å². The van der Waals surface area contributed by atoms with Crippen molar-refractivity contribution in [3.05, 3.63) is 80.4 Å². The quantitative estimate of drug-likeness (QED) is 0.222. The van der Waals surface area contributed by atoms with E-state index in [0.29, 0.717) is 25.4 Å². The highest BCUT2D eigenvalue weighted by atomic mass is 16.6. The minimum atomic E-state index is 0.0109. The highest BCUT2D eigenvalue weighted by Gasteiger charge is 2.37. The molecule has 3 aliphatic rings. The van der Waals surface area contributed by atoms with Crippen LogP contribution in [0.5, 0.6) is 23.0 Å². The maximum absolute atomic E-state index is 6.88. The Hall–Kier alpha value is -3.02. The van der Waals surface area contributed by atoms with Crippen molar-refractivity contribution >= 4 is 0 Å². The van der Waals surface area contributed by atoms with Crippen LogP contribution in [0, 0.1) is 41.5 Å². The van der Waals surface area contributed by atoms with Gasteiger partial charge in [0.2, 0.25) is 0 Å². The predicted molar refractivity (Wildman–Crippen MR) is 148 cm³/mol. The lowest BCUT2D eigenvalue weighted by atomic mass is 9.76. The number of hydrogen-bond acceptors (Lipinski definition) is 5. The summed E-state index contributed by atoms with van der Waals surface area (Å²) in [6, 6.07) is 10.8. The van der Waals surface area contributed by atoms with Crippen molar-refractivity contribution in [2.45, 2.75) is 72.5 Å². The van der Waals surface area contributed by atoms with Gasteiger partial charge in [-0.3, -0.25) is 0 Å². The van der Waals surface area contributed by atoms with Gasteiger partial charge in [0.1, 0.15) is 23.0 Å². The van der Waals surface area contributed by atoms with E-state index in [0.717, 1.165) is 82.4 Å². The van der Waals surface area contributed by atoms with Gasteiger partial charge in [-0.1, -0.05) is 30.3 Å². The lowest BCUT2D eigenvalue weighted by molar-refractivity contribution is 0.278. The molecule has 5 heteroatoms. The summed E-state index contributed by atoms with van der Waals surface area (Å²) in [7, 11) is 0. The Kier molecular flexibility index (Phi) is 6.61. The molecule has 3 aromatic rings. The molecule has 0 amide bonds. The summed E-state index contributed by atoms with van der Waals surface area (Å²) in [5, 5.41) is 0. The van der Waals surface area contributed by atoms with Crippen LogP contribution in [0.1, 0.15) is 68.8 Å². The molecule has 0 aliphatic carbocycles. The van der Waals surface area contributed by atoms with Crippen molar-refractivity contribution in [1.82, 2.24) is 0 Å². The standard InChI is InChI=1S/C33H38O5/c1-18-20(3)32-27(22(5)30(18)34-14-12-25-16-36-25)29(24-10-8-7-9-11-24)28-23(6)31(35-15-13-26-17-37-26)19(2)21(4)33(28)38-32/h7-11,25-26,29H,12-17H2,1-6H3. The van der Waals surface area contributed by atoms with E-state index >= 15 is 0 Å². The molecule has 0 radical (unpaired) electrons. The summed E-state index contributed by atoms with van der Waals surface area (Å²) in [5.74, 6) is 3.87. The molecule has 2 saturated heterocycles. The largest absolute Gasteiger partial charge is 0.493 e. The molecule has 200 valence electrons. The number of epoxide rings is 2. The fraction of sp³-hybridized carbons (Fsp3) is 0.455. The lowest BCUT2D eigenvalue weighted by Crippen LogP contribution is -2.19. The van der Waals surface area contributed by atoms with Crippen molar-refractivity contribution in [3.63, 3.8) is 0 Å². The van der Waals surface area contributed by atoms with Gasteiger partial charge in [0.05, 0.1) is 38.6 Å². The van der Waals surface area contributed by atoms with E-state index in [1.807, 2.05) is 0 Å². The van der Waals surface area contributed by atoms with E-state index in [4.69, 9.17) is 23.7 Å². The Morgan fingerprint density at radius 2 is 1.08 bits per heavy atom. The lowest BCUT2D eigenvalue weighted by Gasteiger charge is -2.36. The molecule has 2 fully saturated rings. The minimum Gasteiger partial charge on any atom is -0.493 e. The Morgan fingerprint density at radius 3 is 1.50 bits per heavy atom. The fourth-order valence-corrected chi connectivity index (χ4v) is 5.90. The first-order valence-electron chi connectivity index (χ1n) is 13.9. The van der Waals surface area contributed by atoms with Crippen molar-refractivity contribution in [1.29, 1.82) is 0 Å². The normalized spacial score (nSPS) is 20.8. The summed E-state index contributed by atoms with van der Waals surface area (Å²) >= 11 is 0. The summed E-state index contributed by atoms with van der Waals surface area (Å²) < 4.78 is 30.6. The Bertz CT molecular complexity index is 1280. The van der Waals surface area contributed by atoms with Gasteiger partial charge in [-0.2, -0.15) is 0 Å². The molecular weight excluding hydrogens is 476 g/mol. The molecule has 0 spiro atoms. The van der Waals surface area contributed by atoms with Crippen LogP contribution in [-0.4, -0.2) is 38.6 Å². The number of rotatable bonds is 9. The van der Waals surface area contributed by atoms with E-state index in [1.54, 1.807) is 0 Å². The fourth-order valence-electron chi connectivity index (χ4n) is 5.90. The molecular formula is C33H38O5. The zero-order valence-corrected chi connectivity index (χ0v) is 23.4. The molecule has 3 aliphatic heterocycles. The van der Waals surface area contributed by atoms with Gasteiger partial charge < -0.3 is 23.7 Å². The molecule has 2 unspecified atom stereocenters. The molecule has 0 N–H and O–H groups in total. The predicted octanol–water partition coefficient (Wildman–Crippen LogP) is 7.16. The molecule has 5 nitrogen and oxygen atoms in total. The van der Waals surface area contributed by atoms with Gasteiger partial charge in [-0.05, 0) is 80.5 Å². The zero-order chi connectivity index (χ0) is 26.6. The third-order valence-electron chi connectivity index (χ3n) is 8.56. The van der Waals surface area contributed by atoms with E-state index in [9.17, 15) is 0 Å². The molecule has 0 saturated carbocycles. The smallest absolute Gasteiger partial charge is 0.135 e. The van der Waals surface area contributed by atoms with Gasteiger partial charge in [-0.15, -0.1) is 0 Å². The highest BCUT2D eigenvalue weighted by Crippen LogP contribution is 2.56. The number of ether oxygens (including phenoxy) is 5. The second-order valence-electron chi connectivity index (χ2n) is 11.0. The molecule has 0 aromatic heterocycles. The van der Waals surface area contributed by atoms with Crippen molar-refractivity contribution in [2.75, 3.05) is 26.4 Å². The molecule has 38 heavy (non-hydrogen) atoms. The van der Waals surface area contributed by atoms with Crippen molar-refractivity contribution in [2.24, 2.45) is 0 Å². The first-order valence-corrected chi connectivity index (χ1v) is 13.9. The Balaban J connectivity index is 1.51. The Labute approximate surface area is 226 Å². The average molecular weight is 515 g/mol. The van der Waals surface area contributed by atoms with Crippen LogP contribution in [-0.2, 0) is 9.47 Å². The van der Waals surface area contributed by atoms with Crippen LogP contribution in [0.4, 0.5) is 0 Å². The highest BCUT2D eigenvalue weighted by molar-refractivity contribution is 5.72. The topological polar surface area (TPSA) is 52.8 Å². The molecule has 0 bridgehead atoms.